The Hall–Kier alpha value is -1.35. The maximum absolute atomic E-state index is 5.83. The van der Waals surface area contributed by atoms with Crippen molar-refractivity contribution in [1.29, 1.82) is 0 Å². The molecule has 0 saturated heterocycles. The van der Waals surface area contributed by atoms with Crippen LogP contribution in [-0.2, 0) is 6.42 Å². The summed E-state index contributed by atoms with van der Waals surface area (Å²) in [6.45, 7) is 5.54. The second-order valence-electron chi connectivity index (χ2n) is 5.23. The lowest BCUT2D eigenvalue weighted by Gasteiger charge is -2.17. The van der Waals surface area contributed by atoms with Gasteiger partial charge in [0.15, 0.2) is 5.96 Å². The van der Waals surface area contributed by atoms with Crippen molar-refractivity contribution < 1.29 is 4.74 Å². The molecule has 0 aliphatic rings. The van der Waals surface area contributed by atoms with Crippen molar-refractivity contribution in [2.75, 3.05) is 20.1 Å². The lowest BCUT2D eigenvalue weighted by Crippen LogP contribution is -2.42. The molecule has 7 heteroatoms. The number of para-hydroxylation sites is 1. The average Bonchev–Trinajstić information content (AvgIpc) is 2.97. The minimum absolute atomic E-state index is 0. The summed E-state index contributed by atoms with van der Waals surface area (Å²) < 4.78 is 5.83. The second-order valence-corrected chi connectivity index (χ2v) is 6.29. The topological polar surface area (TPSA) is 58.5 Å². The van der Waals surface area contributed by atoms with Crippen LogP contribution in [0.25, 0.3) is 0 Å². The molecule has 0 aliphatic carbocycles. The van der Waals surface area contributed by atoms with Crippen LogP contribution >= 0.6 is 35.3 Å². The van der Waals surface area contributed by atoms with Crippen molar-refractivity contribution in [2.24, 2.45) is 4.99 Å². The SMILES string of the molecule is CN=C(NCCc1csc(C)n1)NCC(C)Oc1ccccc1.I. The highest BCUT2D eigenvalue weighted by atomic mass is 127. The first kappa shape index (κ1) is 20.7. The number of nitrogens with zero attached hydrogens (tertiary/aromatic N) is 2. The number of aromatic nitrogens is 1. The number of thiazole rings is 1. The number of ether oxygens (including phenoxy) is 1. The zero-order valence-corrected chi connectivity index (χ0v) is 17.4. The van der Waals surface area contributed by atoms with Crippen LogP contribution in [0.1, 0.15) is 17.6 Å². The highest BCUT2D eigenvalue weighted by Crippen LogP contribution is 2.10. The Labute approximate surface area is 165 Å². The fourth-order valence-electron chi connectivity index (χ4n) is 2.07. The van der Waals surface area contributed by atoms with Crippen LogP contribution in [0.2, 0.25) is 0 Å². The van der Waals surface area contributed by atoms with E-state index in [9.17, 15) is 0 Å². The van der Waals surface area contributed by atoms with E-state index in [1.54, 1.807) is 18.4 Å². The summed E-state index contributed by atoms with van der Waals surface area (Å²) in [5.41, 5.74) is 1.12. The normalized spacial score (nSPS) is 12.2. The van der Waals surface area contributed by atoms with Crippen molar-refractivity contribution in [3.8, 4) is 5.75 Å². The van der Waals surface area contributed by atoms with Gasteiger partial charge in [0.1, 0.15) is 11.9 Å². The van der Waals surface area contributed by atoms with Gasteiger partial charge in [-0.05, 0) is 26.0 Å². The largest absolute Gasteiger partial charge is 0.489 e. The molecule has 2 rings (SSSR count). The number of benzene rings is 1. The number of rotatable bonds is 7. The van der Waals surface area contributed by atoms with E-state index in [0.29, 0.717) is 6.54 Å². The fraction of sp³-hybridized carbons (Fsp3) is 0.412. The van der Waals surface area contributed by atoms with Gasteiger partial charge in [0.2, 0.25) is 0 Å². The van der Waals surface area contributed by atoms with E-state index in [4.69, 9.17) is 4.74 Å². The summed E-state index contributed by atoms with van der Waals surface area (Å²) >= 11 is 1.68. The quantitative estimate of drug-likeness (QED) is 0.379. The van der Waals surface area contributed by atoms with Crippen LogP contribution in [-0.4, -0.2) is 37.2 Å². The molecule has 1 unspecified atom stereocenters. The molecule has 0 fully saturated rings. The van der Waals surface area contributed by atoms with Gasteiger partial charge in [-0.25, -0.2) is 4.98 Å². The zero-order valence-electron chi connectivity index (χ0n) is 14.3. The Bertz CT molecular complexity index is 618. The van der Waals surface area contributed by atoms with Crippen LogP contribution in [0.5, 0.6) is 5.75 Å². The predicted octanol–water partition coefficient (Wildman–Crippen LogP) is 3.24. The summed E-state index contributed by atoms with van der Waals surface area (Å²) in [4.78, 5) is 8.68. The van der Waals surface area contributed by atoms with Crippen LogP contribution in [0.3, 0.4) is 0 Å². The number of hydrogen-bond acceptors (Lipinski definition) is 4. The second kappa shape index (κ2) is 11.2. The molecule has 1 heterocycles. The Morgan fingerprint density at radius 3 is 2.67 bits per heavy atom. The first-order chi connectivity index (χ1) is 11.2. The molecule has 0 radical (unpaired) electrons. The standard InChI is InChI=1S/C17H24N4OS.HI/c1-13(22-16-7-5-4-6-8-16)11-20-17(18-3)19-10-9-15-12-23-14(2)21-15;/h4-8,12-13H,9-11H2,1-3H3,(H2,18,19,20);1H. The number of halogens is 1. The lowest BCUT2D eigenvalue weighted by atomic mass is 10.3. The third kappa shape index (κ3) is 7.48. The molecule has 0 saturated carbocycles. The maximum Gasteiger partial charge on any atom is 0.191 e. The number of nitrogens with one attached hydrogen (secondary N) is 2. The van der Waals surface area contributed by atoms with Crippen LogP contribution in [0, 0.1) is 6.92 Å². The van der Waals surface area contributed by atoms with Crippen molar-refractivity contribution in [3.05, 3.63) is 46.4 Å². The smallest absolute Gasteiger partial charge is 0.191 e. The highest BCUT2D eigenvalue weighted by Gasteiger charge is 2.06. The number of guanidine groups is 1. The van der Waals surface area contributed by atoms with E-state index in [2.05, 4.69) is 26.0 Å². The molecule has 1 aromatic carbocycles. The zero-order chi connectivity index (χ0) is 16.5. The van der Waals surface area contributed by atoms with Crippen LogP contribution in [0.15, 0.2) is 40.7 Å². The van der Waals surface area contributed by atoms with Gasteiger partial charge in [-0.1, -0.05) is 18.2 Å². The van der Waals surface area contributed by atoms with Gasteiger partial charge in [0.05, 0.1) is 17.2 Å². The third-order valence-electron chi connectivity index (χ3n) is 3.20. The minimum Gasteiger partial charge on any atom is -0.489 e. The number of aliphatic imine (C=N–C) groups is 1. The van der Waals surface area contributed by atoms with E-state index in [0.717, 1.165) is 35.4 Å². The Morgan fingerprint density at radius 2 is 2.04 bits per heavy atom. The molecular formula is C17H25IN4OS. The monoisotopic (exact) mass is 460 g/mol. The molecule has 1 aromatic heterocycles. The van der Waals surface area contributed by atoms with Gasteiger partial charge in [0, 0.05) is 25.4 Å². The van der Waals surface area contributed by atoms with Gasteiger partial charge < -0.3 is 15.4 Å². The summed E-state index contributed by atoms with van der Waals surface area (Å²) in [6, 6.07) is 9.83. The molecule has 2 aromatic rings. The van der Waals surface area contributed by atoms with Gasteiger partial charge in [-0.3, -0.25) is 4.99 Å². The van der Waals surface area contributed by atoms with Crippen LogP contribution < -0.4 is 15.4 Å². The highest BCUT2D eigenvalue weighted by molar-refractivity contribution is 14.0. The molecule has 0 spiro atoms. The molecule has 0 amide bonds. The molecule has 5 nitrogen and oxygen atoms in total. The summed E-state index contributed by atoms with van der Waals surface area (Å²) in [5.74, 6) is 1.66. The van der Waals surface area contributed by atoms with E-state index in [1.165, 1.54) is 0 Å². The number of hydrogen-bond donors (Lipinski definition) is 2. The fourth-order valence-corrected chi connectivity index (χ4v) is 2.71. The molecule has 0 aliphatic heterocycles. The first-order valence-electron chi connectivity index (χ1n) is 7.74. The first-order valence-corrected chi connectivity index (χ1v) is 8.62. The van der Waals surface area contributed by atoms with Gasteiger partial charge in [-0.2, -0.15) is 0 Å². The molecule has 1 atom stereocenters. The molecule has 2 N–H and O–H groups in total. The molecule has 0 bridgehead atoms. The minimum atomic E-state index is 0. The van der Waals surface area contributed by atoms with Crippen molar-refractivity contribution >= 4 is 41.3 Å². The van der Waals surface area contributed by atoms with Crippen molar-refractivity contribution in [2.45, 2.75) is 26.4 Å². The maximum atomic E-state index is 5.83. The average molecular weight is 460 g/mol. The Kier molecular flexibility index (Phi) is 9.70. The van der Waals surface area contributed by atoms with E-state index in [-0.39, 0.29) is 30.1 Å². The van der Waals surface area contributed by atoms with Gasteiger partial charge >= 0.3 is 0 Å². The molecule has 24 heavy (non-hydrogen) atoms. The molecular weight excluding hydrogens is 435 g/mol. The lowest BCUT2D eigenvalue weighted by molar-refractivity contribution is 0.224. The Balaban J connectivity index is 0.00000288. The van der Waals surface area contributed by atoms with E-state index in [1.807, 2.05) is 44.2 Å². The van der Waals surface area contributed by atoms with E-state index >= 15 is 0 Å². The van der Waals surface area contributed by atoms with E-state index < -0.39 is 0 Å². The summed E-state index contributed by atoms with van der Waals surface area (Å²) in [7, 11) is 1.77. The third-order valence-corrected chi connectivity index (χ3v) is 4.02. The van der Waals surface area contributed by atoms with Gasteiger partial charge in [-0.15, -0.1) is 35.3 Å². The summed E-state index contributed by atoms with van der Waals surface area (Å²) in [6.07, 6.45) is 0.943. The van der Waals surface area contributed by atoms with Crippen molar-refractivity contribution in [1.82, 2.24) is 15.6 Å². The number of aryl methyl sites for hydroxylation is 1. The summed E-state index contributed by atoms with van der Waals surface area (Å²) in [5, 5.41) is 9.78. The predicted molar refractivity (Wildman–Crippen MR) is 112 cm³/mol. The van der Waals surface area contributed by atoms with Crippen molar-refractivity contribution in [3.63, 3.8) is 0 Å². The Morgan fingerprint density at radius 1 is 1.29 bits per heavy atom. The van der Waals surface area contributed by atoms with Crippen LogP contribution in [0.4, 0.5) is 0 Å². The molecule has 132 valence electrons. The van der Waals surface area contributed by atoms with Gasteiger partial charge in [0.25, 0.3) is 0 Å².